The van der Waals surface area contributed by atoms with E-state index in [2.05, 4.69) is 114 Å². The predicted octanol–water partition coefficient (Wildman–Crippen LogP) is 11.2. The highest BCUT2D eigenvalue weighted by molar-refractivity contribution is 5.99. The maximum atomic E-state index is 5.15. The molecule has 0 unspecified atom stereocenters. The van der Waals surface area contributed by atoms with Gasteiger partial charge in [-0.1, -0.05) is 115 Å². The number of rotatable bonds is 6. The van der Waals surface area contributed by atoms with Gasteiger partial charge >= 0.3 is 0 Å². The van der Waals surface area contributed by atoms with Crippen molar-refractivity contribution >= 4 is 12.2 Å². The summed E-state index contributed by atoms with van der Waals surface area (Å²) in [5.74, 6) is 1.93. The van der Waals surface area contributed by atoms with Crippen molar-refractivity contribution in [3.05, 3.63) is 168 Å². The maximum absolute atomic E-state index is 5.15. The van der Waals surface area contributed by atoms with Crippen molar-refractivity contribution in [3.63, 3.8) is 0 Å². The molecule has 0 bridgehead atoms. The minimum atomic E-state index is 0.637. The van der Waals surface area contributed by atoms with Crippen molar-refractivity contribution < 1.29 is 0 Å². The molecule has 50 heavy (non-hydrogen) atoms. The molecule has 7 aromatic rings. The van der Waals surface area contributed by atoms with Crippen LogP contribution in [0, 0.1) is 0 Å². The number of allylic oxidation sites excluding steroid dienone is 2. The largest absolute Gasteiger partial charge is 0.265 e. The molecule has 2 aromatic heterocycles. The molecule has 2 aliphatic rings. The van der Waals surface area contributed by atoms with Gasteiger partial charge in [0.15, 0.2) is 17.5 Å². The fourth-order valence-corrected chi connectivity index (χ4v) is 7.45. The highest BCUT2D eigenvalue weighted by atomic mass is 15.0. The van der Waals surface area contributed by atoms with Crippen molar-refractivity contribution in [2.45, 2.75) is 25.7 Å². The van der Waals surface area contributed by atoms with Crippen LogP contribution in [0.3, 0.4) is 0 Å². The Morgan fingerprint density at radius 3 is 1.36 bits per heavy atom. The topological polar surface area (TPSA) is 51.6 Å². The van der Waals surface area contributed by atoms with E-state index in [1.807, 2.05) is 48.8 Å². The molecule has 0 saturated carbocycles. The maximum Gasteiger partial charge on any atom is 0.164 e. The van der Waals surface area contributed by atoms with Gasteiger partial charge in [-0.05, 0) is 112 Å². The van der Waals surface area contributed by atoms with E-state index < -0.39 is 0 Å². The fraction of sp³-hybridized carbons (Fsp3) is 0.0870. The van der Waals surface area contributed by atoms with Crippen molar-refractivity contribution in [2.75, 3.05) is 0 Å². The lowest BCUT2D eigenvalue weighted by Gasteiger charge is -2.28. The summed E-state index contributed by atoms with van der Waals surface area (Å²) < 4.78 is 0. The number of nitrogens with zero attached hydrogens (tertiary/aromatic N) is 4. The molecule has 2 aliphatic carbocycles. The highest BCUT2D eigenvalue weighted by Gasteiger charge is 2.26. The molecule has 2 heterocycles. The first kappa shape index (κ1) is 29.8. The van der Waals surface area contributed by atoms with Gasteiger partial charge in [-0.25, -0.2) is 15.0 Å². The van der Waals surface area contributed by atoms with Crippen molar-refractivity contribution in [3.8, 4) is 67.5 Å². The number of aromatic nitrogens is 4. The van der Waals surface area contributed by atoms with E-state index in [0.717, 1.165) is 59.1 Å². The number of benzene rings is 5. The Labute approximate surface area is 292 Å². The predicted molar refractivity (Wildman–Crippen MR) is 205 cm³/mol. The van der Waals surface area contributed by atoms with Crippen LogP contribution in [0.2, 0.25) is 0 Å². The summed E-state index contributed by atoms with van der Waals surface area (Å²) in [6.07, 6.45) is 17.4. The molecule has 0 atom stereocenters. The van der Waals surface area contributed by atoms with Gasteiger partial charge in [-0.2, -0.15) is 0 Å². The van der Waals surface area contributed by atoms with E-state index in [9.17, 15) is 0 Å². The lowest BCUT2D eigenvalue weighted by Crippen LogP contribution is -2.10. The van der Waals surface area contributed by atoms with E-state index in [4.69, 9.17) is 15.0 Å². The second-order valence-electron chi connectivity index (χ2n) is 12.9. The van der Waals surface area contributed by atoms with Crippen LogP contribution in [0.15, 0.2) is 146 Å². The number of hydrogen-bond donors (Lipinski definition) is 0. The van der Waals surface area contributed by atoms with Gasteiger partial charge in [-0.3, -0.25) is 4.98 Å². The molecule has 5 aromatic carbocycles. The van der Waals surface area contributed by atoms with Crippen LogP contribution in [-0.4, -0.2) is 19.9 Å². The zero-order valence-corrected chi connectivity index (χ0v) is 27.6. The van der Waals surface area contributed by atoms with Crippen LogP contribution in [0.4, 0.5) is 0 Å². The smallest absolute Gasteiger partial charge is 0.164 e. The minimum Gasteiger partial charge on any atom is -0.265 e. The van der Waals surface area contributed by atoms with Gasteiger partial charge in [0.1, 0.15) is 0 Å². The number of pyridine rings is 1. The molecule has 4 heteroatoms. The van der Waals surface area contributed by atoms with E-state index in [1.165, 1.54) is 38.9 Å². The Balaban J connectivity index is 1.35. The Morgan fingerprint density at radius 1 is 0.380 bits per heavy atom. The molecule has 0 amide bonds. The highest BCUT2D eigenvalue weighted by Crippen LogP contribution is 2.47. The Hall–Kier alpha value is -6.26. The lowest BCUT2D eigenvalue weighted by atomic mass is 9.75. The quantitative estimate of drug-likeness (QED) is 0.181. The van der Waals surface area contributed by atoms with Crippen LogP contribution < -0.4 is 0 Å². The molecular formula is C46H34N4. The first-order chi connectivity index (χ1) is 24.8. The summed E-state index contributed by atoms with van der Waals surface area (Å²) in [4.78, 5) is 19.6. The van der Waals surface area contributed by atoms with Gasteiger partial charge in [0.25, 0.3) is 0 Å². The van der Waals surface area contributed by atoms with Gasteiger partial charge in [0.05, 0.1) is 0 Å². The molecule has 0 spiro atoms. The zero-order valence-electron chi connectivity index (χ0n) is 27.6. The van der Waals surface area contributed by atoms with Gasteiger partial charge in [-0.15, -0.1) is 0 Å². The molecule has 0 saturated heterocycles. The van der Waals surface area contributed by atoms with Gasteiger partial charge < -0.3 is 0 Å². The third-order valence-corrected chi connectivity index (χ3v) is 9.75. The average molecular weight is 643 g/mol. The summed E-state index contributed by atoms with van der Waals surface area (Å²) in [5.41, 5.74) is 15.6. The van der Waals surface area contributed by atoms with Crippen LogP contribution in [0.1, 0.15) is 35.1 Å². The number of fused-ring (bicyclic) bond motifs is 3. The second-order valence-corrected chi connectivity index (χ2v) is 12.9. The molecule has 238 valence electrons. The second kappa shape index (κ2) is 13.0. The minimum absolute atomic E-state index is 0.637. The third kappa shape index (κ3) is 5.55. The molecular weight excluding hydrogens is 609 g/mol. The number of hydrogen-bond acceptors (Lipinski definition) is 4. The van der Waals surface area contributed by atoms with Crippen LogP contribution in [-0.2, 0) is 12.8 Å². The van der Waals surface area contributed by atoms with E-state index >= 15 is 0 Å². The summed E-state index contributed by atoms with van der Waals surface area (Å²) in [7, 11) is 0. The molecule has 9 rings (SSSR count). The lowest BCUT2D eigenvalue weighted by molar-refractivity contribution is 0.907. The Kier molecular flexibility index (Phi) is 7.75. The molecule has 4 nitrogen and oxygen atoms in total. The van der Waals surface area contributed by atoms with Crippen LogP contribution in [0.5, 0.6) is 0 Å². The monoisotopic (exact) mass is 642 g/mol. The van der Waals surface area contributed by atoms with Crippen molar-refractivity contribution in [1.29, 1.82) is 0 Å². The molecule has 0 N–H and O–H groups in total. The molecule has 0 radical (unpaired) electrons. The summed E-state index contributed by atoms with van der Waals surface area (Å²) in [5, 5.41) is 0. The Bertz CT molecular complexity index is 2340. The first-order valence-electron chi connectivity index (χ1n) is 17.3. The van der Waals surface area contributed by atoms with E-state index in [-0.39, 0.29) is 0 Å². The van der Waals surface area contributed by atoms with Crippen molar-refractivity contribution in [1.82, 2.24) is 19.9 Å². The summed E-state index contributed by atoms with van der Waals surface area (Å²) >= 11 is 0. The SMILES string of the molecule is C1=Cc2c(c3c(c(-c4cc(-c5ccncc5)cc(-c5nc(-c6ccccc6)nc(-c6ccccc6)n5)c4)c2-c2ccccc2)C=CCC3)CC1. The zero-order chi connectivity index (χ0) is 33.3. The average Bonchev–Trinajstić information content (AvgIpc) is 3.21. The molecule has 0 fully saturated rings. The fourth-order valence-electron chi connectivity index (χ4n) is 7.45. The van der Waals surface area contributed by atoms with Crippen LogP contribution >= 0.6 is 0 Å². The third-order valence-electron chi connectivity index (χ3n) is 9.75. The first-order valence-corrected chi connectivity index (χ1v) is 17.3. The summed E-state index contributed by atoms with van der Waals surface area (Å²) in [6.45, 7) is 0. The standard InChI is InChI=1S/C46H34N4/c1-4-14-32(15-5-1)42-40-22-12-10-20-38(40)39-21-11-13-23-41(39)43(42)36-28-35(31-24-26-47-27-25-31)29-37(30-36)46-49-44(33-16-6-2-7-17-33)48-45(50-46)34-18-8-3-9-19-34/h1-9,12-19,22-30H,10-11,20-21H2. The van der Waals surface area contributed by atoms with E-state index in [0.29, 0.717) is 17.5 Å². The normalized spacial score (nSPS) is 13.1. The van der Waals surface area contributed by atoms with Gasteiger partial charge in [0, 0.05) is 29.1 Å². The Morgan fingerprint density at radius 2 is 0.820 bits per heavy atom. The van der Waals surface area contributed by atoms with Crippen LogP contribution in [0.25, 0.3) is 79.7 Å². The summed E-state index contributed by atoms with van der Waals surface area (Å²) in [6, 6.07) is 42.2. The van der Waals surface area contributed by atoms with Gasteiger partial charge in [0.2, 0.25) is 0 Å². The molecule has 0 aliphatic heterocycles. The van der Waals surface area contributed by atoms with Crippen molar-refractivity contribution in [2.24, 2.45) is 0 Å². The van der Waals surface area contributed by atoms with E-state index in [1.54, 1.807) is 0 Å².